The lowest BCUT2D eigenvalue weighted by Gasteiger charge is -2.31. The summed E-state index contributed by atoms with van der Waals surface area (Å²) in [5.41, 5.74) is 2.41. The summed E-state index contributed by atoms with van der Waals surface area (Å²) in [5, 5.41) is 2.71. The SMILES string of the molecule is COc1ccc(C)cc1/C=C/C(=O)N1CC[NH+](CC(=O)Nc2cccc(F)c2)CC1. The molecule has 2 aromatic rings. The number of hydrogen-bond donors (Lipinski definition) is 2. The number of amides is 2. The number of quaternary nitrogens is 1. The normalized spacial score (nSPS) is 14.7. The Morgan fingerprint density at radius 3 is 2.67 bits per heavy atom. The van der Waals surface area contributed by atoms with E-state index in [-0.39, 0.29) is 24.2 Å². The third-order valence-corrected chi connectivity index (χ3v) is 5.09. The van der Waals surface area contributed by atoms with Crippen molar-refractivity contribution in [2.75, 3.05) is 45.2 Å². The number of nitrogens with zero attached hydrogens (tertiary/aromatic N) is 1. The van der Waals surface area contributed by atoms with Crippen molar-refractivity contribution in [3.05, 3.63) is 65.5 Å². The highest BCUT2D eigenvalue weighted by atomic mass is 19.1. The zero-order valence-electron chi connectivity index (χ0n) is 17.3. The molecule has 0 aliphatic carbocycles. The molecule has 1 aliphatic rings. The summed E-state index contributed by atoms with van der Waals surface area (Å²) in [4.78, 5) is 27.6. The summed E-state index contributed by atoms with van der Waals surface area (Å²) in [7, 11) is 1.61. The van der Waals surface area contributed by atoms with Crippen molar-refractivity contribution in [3.8, 4) is 5.75 Å². The number of carbonyl (C=O) groups is 2. The van der Waals surface area contributed by atoms with Crippen LogP contribution in [0.2, 0.25) is 0 Å². The molecule has 0 atom stereocenters. The molecule has 1 heterocycles. The zero-order chi connectivity index (χ0) is 21.5. The molecule has 2 amide bonds. The van der Waals surface area contributed by atoms with E-state index < -0.39 is 0 Å². The molecule has 0 aromatic heterocycles. The summed E-state index contributed by atoms with van der Waals surface area (Å²) in [5.74, 6) is 0.121. The van der Waals surface area contributed by atoms with Crippen molar-refractivity contribution in [2.24, 2.45) is 0 Å². The van der Waals surface area contributed by atoms with Crippen LogP contribution in [0, 0.1) is 12.7 Å². The first-order valence-electron chi connectivity index (χ1n) is 9.95. The number of ether oxygens (including phenoxy) is 1. The number of benzene rings is 2. The molecule has 0 saturated carbocycles. The van der Waals surface area contributed by atoms with Gasteiger partial charge in [0.2, 0.25) is 5.91 Å². The first-order valence-corrected chi connectivity index (χ1v) is 9.95. The maximum atomic E-state index is 13.2. The summed E-state index contributed by atoms with van der Waals surface area (Å²) in [6.07, 6.45) is 3.35. The molecule has 2 aromatic carbocycles. The van der Waals surface area contributed by atoms with Crippen LogP contribution in [0.5, 0.6) is 5.75 Å². The van der Waals surface area contributed by atoms with Crippen LogP contribution in [0.1, 0.15) is 11.1 Å². The number of aryl methyl sites for hydroxylation is 1. The van der Waals surface area contributed by atoms with Crippen LogP contribution in [0.4, 0.5) is 10.1 Å². The number of hydrogen-bond acceptors (Lipinski definition) is 3. The first kappa shape index (κ1) is 21.5. The standard InChI is InChI=1S/C23H26FN3O3/c1-17-6-8-21(30-2)18(14-17)7-9-23(29)27-12-10-26(11-13-27)16-22(28)25-20-5-3-4-19(24)15-20/h3-9,14-15H,10-13,16H2,1-2H3,(H,25,28)/p+1/b9-7+. The molecule has 0 radical (unpaired) electrons. The van der Waals surface area contributed by atoms with Gasteiger partial charge in [0.15, 0.2) is 6.54 Å². The Hall–Kier alpha value is -3.19. The van der Waals surface area contributed by atoms with Gasteiger partial charge in [-0.2, -0.15) is 0 Å². The minimum Gasteiger partial charge on any atom is -0.496 e. The predicted octanol–water partition coefficient (Wildman–Crippen LogP) is 1.52. The van der Waals surface area contributed by atoms with Crippen molar-refractivity contribution >= 4 is 23.6 Å². The van der Waals surface area contributed by atoms with Crippen molar-refractivity contribution in [2.45, 2.75) is 6.92 Å². The number of halogens is 1. The average molecular weight is 412 g/mol. The maximum absolute atomic E-state index is 13.2. The van der Waals surface area contributed by atoms with Gasteiger partial charge in [-0.3, -0.25) is 9.59 Å². The summed E-state index contributed by atoms with van der Waals surface area (Å²) >= 11 is 0. The van der Waals surface area contributed by atoms with E-state index in [0.29, 0.717) is 31.9 Å². The van der Waals surface area contributed by atoms with E-state index in [9.17, 15) is 14.0 Å². The van der Waals surface area contributed by atoms with Crippen LogP contribution in [0.15, 0.2) is 48.5 Å². The molecule has 0 bridgehead atoms. The summed E-state index contributed by atoms with van der Waals surface area (Å²) in [6.45, 7) is 4.81. The largest absolute Gasteiger partial charge is 0.496 e. The van der Waals surface area contributed by atoms with E-state index in [4.69, 9.17) is 4.74 Å². The van der Waals surface area contributed by atoms with Crippen LogP contribution in [0.25, 0.3) is 6.08 Å². The molecule has 6 nitrogen and oxygen atoms in total. The Kier molecular flexibility index (Phi) is 7.19. The molecule has 158 valence electrons. The fourth-order valence-corrected chi connectivity index (χ4v) is 3.47. The van der Waals surface area contributed by atoms with Crippen molar-refractivity contribution < 1.29 is 23.6 Å². The molecule has 1 fully saturated rings. The second-order valence-electron chi connectivity index (χ2n) is 7.39. The maximum Gasteiger partial charge on any atom is 0.279 e. The predicted molar refractivity (Wildman–Crippen MR) is 114 cm³/mol. The molecule has 30 heavy (non-hydrogen) atoms. The smallest absolute Gasteiger partial charge is 0.279 e. The van der Waals surface area contributed by atoms with Gasteiger partial charge in [0.1, 0.15) is 11.6 Å². The van der Waals surface area contributed by atoms with Crippen molar-refractivity contribution in [1.82, 2.24) is 4.90 Å². The lowest BCUT2D eigenvalue weighted by Crippen LogP contribution is -3.15. The molecular weight excluding hydrogens is 385 g/mol. The lowest BCUT2D eigenvalue weighted by molar-refractivity contribution is -0.895. The molecule has 1 saturated heterocycles. The first-order chi connectivity index (χ1) is 14.4. The topological polar surface area (TPSA) is 63.1 Å². The van der Waals surface area contributed by atoms with Gasteiger partial charge in [0.05, 0.1) is 33.3 Å². The van der Waals surface area contributed by atoms with Gasteiger partial charge >= 0.3 is 0 Å². The molecule has 1 aliphatic heterocycles. The third kappa shape index (κ3) is 5.90. The van der Waals surface area contributed by atoms with Crippen LogP contribution in [-0.4, -0.2) is 56.5 Å². The van der Waals surface area contributed by atoms with Gasteiger partial charge in [-0.1, -0.05) is 17.7 Å². The minimum absolute atomic E-state index is 0.0539. The van der Waals surface area contributed by atoms with Crippen molar-refractivity contribution in [1.29, 1.82) is 0 Å². The number of carbonyl (C=O) groups excluding carboxylic acids is 2. The van der Waals surface area contributed by atoms with E-state index in [0.717, 1.165) is 21.8 Å². The third-order valence-electron chi connectivity index (χ3n) is 5.09. The van der Waals surface area contributed by atoms with Gasteiger partial charge < -0.3 is 19.9 Å². The summed E-state index contributed by atoms with van der Waals surface area (Å²) < 4.78 is 18.6. The number of rotatable bonds is 6. The van der Waals surface area contributed by atoms with E-state index in [2.05, 4.69) is 5.32 Å². The Morgan fingerprint density at radius 2 is 1.97 bits per heavy atom. The van der Waals surface area contributed by atoms with Crippen LogP contribution < -0.4 is 15.0 Å². The van der Waals surface area contributed by atoms with Crippen LogP contribution in [-0.2, 0) is 9.59 Å². The van der Waals surface area contributed by atoms with Crippen molar-refractivity contribution in [3.63, 3.8) is 0 Å². The van der Waals surface area contributed by atoms with E-state index in [1.165, 1.54) is 12.1 Å². The minimum atomic E-state index is -0.386. The highest BCUT2D eigenvalue weighted by Crippen LogP contribution is 2.21. The van der Waals surface area contributed by atoms with E-state index >= 15 is 0 Å². The fraction of sp³-hybridized carbons (Fsp3) is 0.304. The van der Waals surface area contributed by atoms with Gasteiger partial charge in [0.25, 0.3) is 5.91 Å². The zero-order valence-corrected chi connectivity index (χ0v) is 17.3. The number of nitrogens with one attached hydrogen (secondary N) is 2. The Labute approximate surface area is 175 Å². The van der Waals surface area contributed by atoms with E-state index in [1.807, 2.05) is 25.1 Å². The molecule has 3 rings (SSSR count). The Balaban J connectivity index is 1.48. The Bertz CT molecular complexity index is 937. The highest BCUT2D eigenvalue weighted by molar-refractivity contribution is 5.92. The second-order valence-corrected chi connectivity index (χ2v) is 7.39. The highest BCUT2D eigenvalue weighted by Gasteiger charge is 2.24. The number of anilines is 1. The average Bonchev–Trinajstić information content (AvgIpc) is 2.72. The number of piperazine rings is 1. The molecule has 0 unspecified atom stereocenters. The fourth-order valence-electron chi connectivity index (χ4n) is 3.47. The van der Waals surface area contributed by atoms with Crippen LogP contribution >= 0.6 is 0 Å². The van der Waals surface area contributed by atoms with Gasteiger partial charge in [-0.15, -0.1) is 0 Å². The van der Waals surface area contributed by atoms with Gasteiger partial charge in [-0.05, 0) is 43.3 Å². The molecule has 2 N–H and O–H groups in total. The van der Waals surface area contributed by atoms with Gasteiger partial charge in [-0.25, -0.2) is 4.39 Å². The number of methoxy groups -OCH3 is 1. The Morgan fingerprint density at radius 1 is 1.20 bits per heavy atom. The quantitative estimate of drug-likeness (QED) is 0.708. The lowest BCUT2D eigenvalue weighted by atomic mass is 10.1. The van der Waals surface area contributed by atoms with E-state index in [1.54, 1.807) is 36.3 Å². The molecule has 7 heteroatoms. The molecule has 0 spiro atoms. The summed E-state index contributed by atoms with van der Waals surface area (Å²) in [6, 6.07) is 11.7. The van der Waals surface area contributed by atoms with Gasteiger partial charge in [0, 0.05) is 17.3 Å². The second kappa shape index (κ2) is 10.0. The molecular formula is C23H27FN3O3+. The van der Waals surface area contributed by atoms with Crippen LogP contribution in [0.3, 0.4) is 0 Å². The monoisotopic (exact) mass is 412 g/mol.